The van der Waals surface area contributed by atoms with Crippen molar-refractivity contribution in [1.82, 2.24) is 5.32 Å². The smallest absolute Gasteiger partial charge is 0.253 e. The number of nitrogens with one attached hydrogen (secondary N) is 1. The third-order valence-electron chi connectivity index (χ3n) is 2.10. The molecule has 0 radical (unpaired) electrons. The van der Waals surface area contributed by atoms with Crippen molar-refractivity contribution in [2.24, 2.45) is 5.73 Å². The summed E-state index contributed by atoms with van der Waals surface area (Å²) in [6, 6.07) is 5.29. The highest BCUT2D eigenvalue weighted by atomic mass is 35.5. The Balaban J connectivity index is 2.82. The van der Waals surface area contributed by atoms with Crippen molar-refractivity contribution in [3.05, 3.63) is 34.3 Å². The van der Waals surface area contributed by atoms with Crippen molar-refractivity contribution < 1.29 is 4.79 Å². The zero-order valence-corrected chi connectivity index (χ0v) is 9.64. The molecule has 0 fully saturated rings. The lowest BCUT2D eigenvalue weighted by molar-refractivity contribution is 0.0941. The highest BCUT2D eigenvalue weighted by Gasteiger charge is 2.11. The van der Waals surface area contributed by atoms with Gasteiger partial charge in [-0.05, 0) is 31.5 Å². The second-order valence-corrected chi connectivity index (χ2v) is 4.00. The predicted molar refractivity (Wildman–Crippen MR) is 62.2 cm³/mol. The van der Waals surface area contributed by atoms with Crippen LogP contribution in [0.2, 0.25) is 5.02 Å². The molecule has 0 aliphatic rings. The summed E-state index contributed by atoms with van der Waals surface area (Å²) >= 11 is 5.96. The van der Waals surface area contributed by atoms with Gasteiger partial charge in [0.2, 0.25) is 0 Å². The molecule has 0 heterocycles. The van der Waals surface area contributed by atoms with Crippen molar-refractivity contribution in [2.75, 3.05) is 6.54 Å². The first kappa shape index (κ1) is 12.0. The molecule has 1 aromatic rings. The van der Waals surface area contributed by atoms with Gasteiger partial charge < -0.3 is 11.1 Å². The summed E-state index contributed by atoms with van der Waals surface area (Å²) in [4.78, 5) is 11.7. The summed E-state index contributed by atoms with van der Waals surface area (Å²) in [5, 5.41) is 3.23. The van der Waals surface area contributed by atoms with Crippen molar-refractivity contribution >= 4 is 17.5 Å². The Labute approximate surface area is 94.6 Å². The third kappa shape index (κ3) is 3.22. The number of amides is 1. The van der Waals surface area contributed by atoms with E-state index in [0.717, 1.165) is 5.56 Å². The first-order valence-electron chi connectivity index (χ1n) is 4.81. The molecule has 82 valence electrons. The molecule has 0 bridgehead atoms. The van der Waals surface area contributed by atoms with Crippen LogP contribution in [-0.2, 0) is 0 Å². The molecule has 3 nitrogen and oxygen atoms in total. The van der Waals surface area contributed by atoms with Gasteiger partial charge >= 0.3 is 0 Å². The van der Waals surface area contributed by atoms with Crippen LogP contribution in [-0.4, -0.2) is 18.5 Å². The second kappa shape index (κ2) is 5.14. The number of carbonyl (C=O) groups excluding carboxylic acids is 1. The molecule has 0 unspecified atom stereocenters. The standard InChI is InChI=1S/C11H15ClN2O/c1-7-3-4-9(10(12)5-7)11(15)14-8(2)6-13/h3-5,8H,6,13H2,1-2H3,(H,14,15)/t8-/m1/s1. The predicted octanol–water partition coefficient (Wildman–Crippen LogP) is 1.73. The van der Waals surface area contributed by atoms with Gasteiger partial charge in [-0.3, -0.25) is 4.79 Å². The van der Waals surface area contributed by atoms with E-state index in [4.69, 9.17) is 17.3 Å². The molecule has 1 atom stereocenters. The first-order valence-corrected chi connectivity index (χ1v) is 5.19. The first-order chi connectivity index (χ1) is 7.04. The lowest BCUT2D eigenvalue weighted by atomic mass is 10.1. The minimum atomic E-state index is -0.182. The summed E-state index contributed by atoms with van der Waals surface area (Å²) < 4.78 is 0. The molecule has 0 spiro atoms. The molecule has 15 heavy (non-hydrogen) atoms. The Bertz CT molecular complexity index is 366. The number of carbonyl (C=O) groups is 1. The SMILES string of the molecule is Cc1ccc(C(=O)N[C@H](C)CN)c(Cl)c1. The molecule has 0 aliphatic carbocycles. The monoisotopic (exact) mass is 226 g/mol. The molecule has 1 aromatic carbocycles. The average Bonchev–Trinajstić information content (AvgIpc) is 2.17. The Kier molecular flexibility index (Phi) is 4.12. The zero-order valence-electron chi connectivity index (χ0n) is 8.88. The Morgan fingerprint density at radius 3 is 2.80 bits per heavy atom. The van der Waals surface area contributed by atoms with Gasteiger partial charge in [-0.15, -0.1) is 0 Å². The minimum Gasteiger partial charge on any atom is -0.348 e. The summed E-state index contributed by atoms with van der Waals surface area (Å²) in [6.07, 6.45) is 0. The lowest BCUT2D eigenvalue weighted by Gasteiger charge is -2.12. The molecule has 0 saturated carbocycles. The summed E-state index contributed by atoms with van der Waals surface area (Å²) in [7, 11) is 0. The van der Waals surface area contributed by atoms with Crippen LogP contribution in [0.5, 0.6) is 0 Å². The second-order valence-electron chi connectivity index (χ2n) is 3.59. The van der Waals surface area contributed by atoms with E-state index < -0.39 is 0 Å². The summed E-state index contributed by atoms with van der Waals surface area (Å²) in [5.74, 6) is -0.182. The number of hydrogen-bond acceptors (Lipinski definition) is 2. The molecule has 0 aliphatic heterocycles. The Morgan fingerprint density at radius 2 is 2.27 bits per heavy atom. The van der Waals surface area contributed by atoms with Crippen molar-refractivity contribution in [3.63, 3.8) is 0 Å². The van der Waals surface area contributed by atoms with Gasteiger partial charge in [0, 0.05) is 12.6 Å². The Morgan fingerprint density at radius 1 is 1.60 bits per heavy atom. The molecule has 0 aromatic heterocycles. The van der Waals surface area contributed by atoms with Crippen molar-refractivity contribution in [1.29, 1.82) is 0 Å². The third-order valence-corrected chi connectivity index (χ3v) is 2.41. The van der Waals surface area contributed by atoms with Gasteiger partial charge in [0.1, 0.15) is 0 Å². The largest absolute Gasteiger partial charge is 0.348 e. The maximum absolute atomic E-state index is 11.7. The average molecular weight is 227 g/mol. The Hall–Kier alpha value is -1.06. The fourth-order valence-corrected chi connectivity index (χ4v) is 1.49. The van der Waals surface area contributed by atoms with E-state index in [-0.39, 0.29) is 11.9 Å². The number of halogens is 1. The number of rotatable bonds is 3. The van der Waals surface area contributed by atoms with E-state index in [0.29, 0.717) is 17.1 Å². The van der Waals surface area contributed by atoms with Gasteiger partial charge in [-0.2, -0.15) is 0 Å². The molecule has 3 N–H and O–H groups in total. The van der Waals surface area contributed by atoms with Crippen LogP contribution >= 0.6 is 11.6 Å². The topological polar surface area (TPSA) is 55.1 Å². The maximum Gasteiger partial charge on any atom is 0.253 e. The van der Waals surface area contributed by atoms with Crippen molar-refractivity contribution in [3.8, 4) is 0 Å². The van der Waals surface area contributed by atoms with Gasteiger partial charge in [0.15, 0.2) is 0 Å². The van der Waals surface area contributed by atoms with E-state index in [1.54, 1.807) is 12.1 Å². The van der Waals surface area contributed by atoms with Gasteiger partial charge in [0.25, 0.3) is 5.91 Å². The van der Waals surface area contributed by atoms with Crippen LogP contribution in [0.15, 0.2) is 18.2 Å². The highest BCUT2D eigenvalue weighted by Crippen LogP contribution is 2.17. The van der Waals surface area contributed by atoms with E-state index >= 15 is 0 Å². The molecule has 4 heteroatoms. The molecular weight excluding hydrogens is 212 g/mol. The quantitative estimate of drug-likeness (QED) is 0.825. The van der Waals surface area contributed by atoms with Crippen LogP contribution in [0.3, 0.4) is 0 Å². The number of aryl methyl sites for hydroxylation is 1. The van der Waals surface area contributed by atoms with Crippen LogP contribution in [0.4, 0.5) is 0 Å². The van der Waals surface area contributed by atoms with Gasteiger partial charge in [-0.25, -0.2) is 0 Å². The van der Waals surface area contributed by atoms with E-state index in [2.05, 4.69) is 5.32 Å². The van der Waals surface area contributed by atoms with E-state index in [1.807, 2.05) is 19.9 Å². The summed E-state index contributed by atoms with van der Waals surface area (Å²) in [6.45, 7) is 4.19. The number of hydrogen-bond donors (Lipinski definition) is 2. The van der Waals surface area contributed by atoms with Crippen LogP contribution in [0, 0.1) is 6.92 Å². The fraction of sp³-hybridized carbons (Fsp3) is 0.364. The van der Waals surface area contributed by atoms with Crippen LogP contribution in [0.25, 0.3) is 0 Å². The molecule has 1 amide bonds. The fourth-order valence-electron chi connectivity index (χ4n) is 1.16. The van der Waals surface area contributed by atoms with Gasteiger partial charge in [-0.1, -0.05) is 17.7 Å². The minimum absolute atomic E-state index is 0.0464. The lowest BCUT2D eigenvalue weighted by Crippen LogP contribution is -2.37. The summed E-state index contributed by atoms with van der Waals surface area (Å²) in [5.41, 5.74) is 6.93. The number of benzene rings is 1. The normalized spacial score (nSPS) is 12.3. The van der Waals surface area contributed by atoms with Crippen LogP contribution in [0.1, 0.15) is 22.8 Å². The van der Waals surface area contributed by atoms with E-state index in [9.17, 15) is 4.79 Å². The molecular formula is C11H15ClN2O. The van der Waals surface area contributed by atoms with Crippen molar-refractivity contribution in [2.45, 2.75) is 19.9 Å². The maximum atomic E-state index is 11.7. The molecule has 1 rings (SSSR count). The number of nitrogens with two attached hydrogens (primary N) is 1. The van der Waals surface area contributed by atoms with E-state index in [1.165, 1.54) is 0 Å². The zero-order chi connectivity index (χ0) is 11.4. The van der Waals surface area contributed by atoms with Gasteiger partial charge in [0.05, 0.1) is 10.6 Å². The van der Waals surface area contributed by atoms with Crippen LogP contribution < -0.4 is 11.1 Å². The highest BCUT2D eigenvalue weighted by molar-refractivity contribution is 6.33. The molecule has 0 saturated heterocycles.